The third kappa shape index (κ3) is 3.33. The summed E-state index contributed by atoms with van der Waals surface area (Å²) in [5.74, 6) is 0.0426. The Kier molecular flexibility index (Phi) is 4.66. The van der Waals surface area contributed by atoms with Crippen molar-refractivity contribution in [1.29, 1.82) is 0 Å². The van der Waals surface area contributed by atoms with E-state index in [4.69, 9.17) is 0 Å². The fourth-order valence-corrected chi connectivity index (χ4v) is 4.06. The highest BCUT2D eigenvalue weighted by atomic mass is 32.2. The molecule has 1 fully saturated rings. The molecule has 8 nitrogen and oxygen atoms in total. The average molecular weight is 350 g/mol. The molecule has 1 aliphatic rings. The molecule has 3 heterocycles. The van der Waals surface area contributed by atoms with Gasteiger partial charge in [0.25, 0.3) is 10.2 Å². The van der Waals surface area contributed by atoms with E-state index >= 15 is 0 Å². The van der Waals surface area contributed by atoms with Crippen molar-refractivity contribution < 1.29 is 8.42 Å². The average Bonchev–Trinajstić information content (AvgIpc) is 3.01. The number of nitrogens with zero attached hydrogens (tertiary/aromatic N) is 5. The van der Waals surface area contributed by atoms with E-state index in [2.05, 4.69) is 20.2 Å². The minimum absolute atomic E-state index is 0.0426. The minimum atomic E-state index is -3.40. The molecule has 1 aliphatic heterocycles. The lowest BCUT2D eigenvalue weighted by Gasteiger charge is -2.33. The predicted octanol–water partition coefficient (Wildman–Crippen LogP) is 1.16. The normalized spacial score (nSPS) is 19.8. The number of H-pyrrole nitrogens is 1. The number of aromatic amines is 1. The van der Waals surface area contributed by atoms with Gasteiger partial charge in [-0.15, -0.1) is 0 Å². The van der Waals surface area contributed by atoms with E-state index < -0.39 is 10.2 Å². The van der Waals surface area contributed by atoms with E-state index in [1.54, 1.807) is 26.5 Å². The van der Waals surface area contributed by atoms with Crippen molar-refractivity contribution in [3.05, 3.63) is 29.8 Å². The molecule has 1 saturated heterocycles. The summed E-state index contributed by atoms with van der Waals surface area (Å²) in [6, 6.07) is 1.91. The SMILES string of the molecule is Cc1cc(-c2cncc([C@H]3CCCN(S(=O)(=O)N(C)C)C3)n2)n[nH]1. The Morgan fingerprint density at radius 3 is 2.75 bits per heavy atom. The molecule has 1 atom stereocenters. The number of hydrogen-bond acceptors (Lipinski definition) is 5. The number of aromatic nitrogens is 4. The second kappa shape index (κ2) is 6.58. The van der Waals surface area contributed by atoms with Gasteiger partial charge in [0.2, 0.25) is 0 Å². The maximum Gasteiger partial charge on any atom is 0.281 e. The molecule has 0 bridgehead atoms. The molecule has 0 saturated carbocycles. The molecule has 2 aromatic rings. The molecular weight excluding hydrogens is 328 g/mol. The molecule has 0 unspecified atom stereocenters. The van der Waals surface area contributed by atoms with Crippen LogP contribution in [0.1, 0.15) is 30.1 Å². The summed E-state index contributed by atoms with van der Waals surface area (Å²) in [7, 11) is -0.289. The Bertz CT molecular complexity index is 817. The Balaban J connectivity index is 1.84. The van der Waals surface area contributed by atoms with Gasteiger partial charge in [0, 0.05) is 45.0 Å². The maximum atomic E-state index is 12.4. The van der Waals surface area contributed by atoms with Gasteiger partial charge < -0.3 is 0 Å². The van der Waals surface area contributed by atoms with Crippen LogP contribution in [-0.4, -0.2) is 64.4 Å². The third-order valence-corrected chi connectivity index (χ3v) is 6.12. The second-order valence-corrected chi connectivity index (χ2v) is 8.40. The molecule has 130 valence electrons. The molecule has 0 radical (unpaired) electrons. The largest absolute Gasteiger partial charge is 0.282 e. The highest BCUT2D eigenvalue weighted by Gasteiger charge is 2.31. The van der Waals surface area contributed by atoms with Gasteiger partial charge in [-0.1, -0.05) is 0 Å². The molecule has 9 heteroatoms. The third-order valence-electron chi connectivity index (χ3n) is 4.21. The summed E-state index contributed by atoms with van der Waals surface area (Å²) in [6.07, 6.45) is 5.11. The van der Waals surface area contributed by atoms with Crippen molar-refractivity contribution in [2.24, 2.45) is 0 Å². The first kappa shape index (κ1) is 17.0. The number of rotatable bonds is 4. The summed E-state index contributed by atoms with van der Waals surface area (Å²) in [6.45, 7) is 2.90. The van der Waals surface area contributed by atoms with Gasteiger partial charge >= 0.3 is 0 Å². The Labute approximate surface area is 142 Å². The zero-order valence-electron chi connectivity index (χ0n) is 14.1. The van der Waals surface area contributed by atoms with Gasteiger partial charge in [0.1, 0.15) is 11.4 Å². The Morgan fingerprint density at radius 2 is 2.08 bits per heavy atom. The number of nitrogens with one attached hydrogen (secondary N) is 1. The molecular formula is C15H22N6O2S. The predicted molar refractivity (Wildman–Crippen MR) is 90.5 cm³/mol. The van der Waals surface area contributed by atoms with Crippen molar-refractivity contribution in [2.45, 2.75) is 25.7 Å². The Morgan fingerprint density at radius 1 is 1.29 bits per heavy atom. The van der Waals surface area contributed by atoms with Crippen LogP contribution in [0.5, 0.6) is 0 Å². The van der Waals surface area contributed by atoms with E-state index in [0.29, 0.717) is 18.8 Å². The van der Waals surface area contributed by atoms with Gasteiger partial charge in [-0.3, -0.25) is 10.1 Å². The second-order valence-electron chi connectivity index (χ2n) is 6.25. The van der Waals surface area contributed by atoms with Crippen LogP contribution < -0.4 is 0 Å². The van der Waals surface area contributed by atoms with Gasteiger partial charge in [0.15, 0.2) is 0 Å². The lowest BCUT2D eigenvalue weighted by atomic mass is 9.96. The van der Waals surface area contributed by atoms with Crippen LogP contribution in [0.25, 0.3) is 11.4 Å². The van der Waals surface area contributed by atoms with Crippen LogP contribution in [0.3, 0.4) is 0 Å². The van der Waals surface area contributed by atoms with Crippen molar-refractivity contribution >= 4 is 10.2 Å². The minimum Gasteiger partial charge on any atom is -0.282 e. The zero-order chi connectivity index (χ0) is 17.3. The molecule has 2 aromatic heterocycles. The summed E-state index contributed by atoms with van der Waals surface area (Å²) >= 11 is 0. The molecule has 0 aliphatic carbocycles. The van der Waals surface area contributed by atoms with E-state index in [1.165, 1.54) is 8.61 Å². The summed E-state index contributed by atoms with van der Waals surface area (Å²) in [4.78, 5) is 8.93. The topological polar surface area (TPSA) is 95.1 Å². The van der Waals surface area contributed by atoms with Crippen LogP contribution in [0.2, 0.25) is 0 Å². The van der Waals surface area contributed by atoms with Crippen molar-refractivity contribution in [3.8, 4) is 11.4 Å². The fourth-order valence-electron chi connectivity index (χ4n) is 2.87. The van der Waals surface area contributed by atoms with E-state index in [-0.39, 0.29) is 5.92 Å². The molecule has 24 heavy (non-hydrogen) atoms. The molecule has 1 N–H and O–H groups in total. The van der Waals surface area contributed by atoms with E-state index in [1.807, 2.05) is 13.0 Å². The van der Waals surface area contributed by atoms with Crippen LogP contribution in [0.4, 0.5) is 0 Å². The quantitative estimate of drug-likeness (QED) is 0.893. The number of aryl methyl sites for hydroxylation is 1. The summed E-state index contributed by atoms with van der Waals surface area (Å²) in [5.41, 5.74) is 3.21. The van der Waals surface area contributed by atoms with Crippen molar-refractivity contribution in [3.63, 3.8) is 0 Å². The van der Waals surface area contributed by atoms with E-state index in [9.17, 15) is 8.42 Å². The number of piperidine rings is 1. The number of hydrogen-bond donors (Lipinski definition) is 1. The van der Waals surface area contributed by atoms with Crippen LogP contribution >= 0.6 is 0 Å². The van der Waals surface area contributed by atoms with Crippen molar-refractivity contribution in [1.82, 2.24) is 28.8 Å². The molecule has 0 amide bonds. The highest BCUT2D eigenvalue weighted by Crippen LogP contribution is 2.28. The van der Waals surface area contributed by atoms with Crippen molar-refractivity contribution in [2.75, 3.05) is 27.2 Å². The zero-order valence-corrected chi connectivity index (χ0v) is 14.9. The van der Waals surface area contributed by atoms with Gasteiger partial charge in [-0.25, -0.2) is 4.98 Å². The maximum absolute atomic E-state index is 12.4. The lowest BCUT2D eigenvalue weighted by molar-refractivity contribution is 0.296. The standard InChI is InChI=1S/C15H22N6O2S/c1-11-7-13(19-18-11)15-9-16-8-14(17-15)12-5-4-6-21(10-12)24(22,23)20(2)3/h7-9,12H,4-6,10H2,1-3H3,(H,18,19)/t12-/m0/s1. The highest BCUT2D eigenvalue weighted by molar-refractivity contribution is 7.86. The van der Waals surface area contributed by atoms with Crippen LogP contribution in [0, 0.1) is 6.92 Å². The first-order chi connectivity index (χ1) is 11.4. The van der Waals surface area contributed by atoms with Crippen LogP contribution in [0.15, 0.2) is 18.5 Å². The lowest BCUT2D eigenvalue weighted by Crippen LogP contribution is -2.45. The molecule has 0 spiro atoms. The first-order valence-corrected chi connectivity index (χ1v) is 9.29. The summed E-state index contributed by atoms with van der Waals surface area (Å²) in [5, 5.41) is 7.10. The fraction of sp³-hybridized carbons (Fsp3) is 0.533. The molecule has 0 aromatic carbocycles. The van der Waals surface area contributed by atoms with Gasteiger partial charge in [-0.2, -0.15) is 22.1 Å². The smallest absolute Gasteiger partial charge is 0.281 e. The monoisotopic (exact) mass is 350 g/mol. The Hall–Kier alpha value is -1.84. The van der Waals surface area contributed by atoms with Gasteiger partial charge in [-0.05, 0) is 25.8 Å². The first-order valence-electron chi connectivity index (χ1n) is 7.90. The van der Waals surface area contributed by atoms with Gasteiger partial charge in [0.05, 0.1) is 11.9 Å². The molecule has 3 rings (SSSR count). The summed E-state index contributed by atoms with van der Waals surface area (Å²) < 4.78 is 27.5. The van der Waals surface area contributed by atoms with E-state index in [0.717, 1.165) is 29.9 Å². The van der Waals surface area contributed by atoms with Crippen LogP contribution in [-0.2, 0) is 10.2 Å².